The quantitative estimate of drug-likeness (QED) is 0.865. The molecular formula is C19H23F2N5O. The molecule has 2 aromatic rings. The summed E-state index contributed by atoms with van der Waals surface area (Å²) in [5, 5.41) is 3.40. The van der Waals surface area contributed by atoms with Crippen molar-refractivity contribution in [3.8, 4) is 0 Å². The van der Waals surface area contributed by atoms with E-state index in [9.17, 15) is 8.78 Å². The van der Waals surface area contributed by atoms with Gasteiger partial charge in [0.1, 0.15) is 5.82 Å². The Kier molecular flexibility index (Phi) is 5.45. The van der Waals surface area contributed by atoms with Crippen LogP contribution in [0.2, 0.25) is 0 Å². The summed E-state index contributed by atoms with van der Waals surface area (Å²) in [6, 6.07) is 6.23. The molecule has 0 amide bonds. The van der Waals surface area contributed by atoms with Crippen LogP contribution in [0.5, 0.6) is 0 Å². The molecule has 1 aromatic heterocycles. The number of nitrogens with zero attached hydrogens (tertiary/aromatic N) is 4. The Bertz CT molecular complexity index is 784. The van der Waals surface area contributed by atoms with Crippen molar-refractivity contribution >= 4 is 11.8 Å². The SMILES string of the molecule is Fc1ccc(CN2CCC(Nc3nccc(N4CCOCC4)n3)C2)cc1F. The van der Waals surface area contributed by atoms with Gasteiger partial charge in [-0.1, -0.05) is 6.07 Å². The number of rotatable bonds is 5. The van der Waals surface area contributed by atoms with E-state index in [2.05, 4.69) is 25.1 Å². The zero-order valence-corrected chi connectivity index (χ0v) is 15.1. The summed E-state index contributed by atoms with van der Waals surface area (Å²) >= 11 is 0. The van der Waals surface area contributed by atoms with Crippen molar-refractivity contribution in [2.45, 2.75) is 19.0 Å². The Morgan fingerprint density at radius 3 is 2.78 bits per heavy atom. The fraction of sp³-hybridized carbons (Fsp3) is 0.474. The smallest absolute Gasteiger partial charge is 0.224 e. The average molecular weight is 375 g/mol. The molecule has 1 aromatic carbocycles. The van der Waals surface area contributed by atoms with E-state index in [4.69, 9.17) is 4.74 Å². The third-order valence-electron chi connectivity index (χ3n) is 4.97. The maximum Gasteiger partial charge on any atom is 0.224 e. The first-order chi connectivity index (χ1) is 13.2. The van der Waals surface area contributed by atoms with Gasteiger partial charge in [-0.15, -0.1) is 0 Å². The predicted octanol–water partition coefficient (Wildman–Crippen LogP) is 2.28. The number of anilines is 2. The van der Waals surface area contributed by atoms with Crippen molar-refractivity contribution in [1.29, 1.82) is 0 Å². The number of halogens is 2. The first kappa shape index (κ1) is 18.1. The molecule has 1 N–H and O–H groups in total. The maximum atomic E-state index is 13.4. The van der Waals surface area contributed by atoms with Gasteiger partial charge < -0.3 is 15.0 Å². The molecular weight excluding hydrogens is 352 g/mol. The molecule has 144 valence electrons. The van der Waals surface area contributed by atoms with Crippen molar-refractivity contribution < 1.29 is 13.5 Å². The number of hydrogen-bond donors (Lipinski definition) is 1. The Labute approximate surface area is 157 Å². The van der Waals surface area contributed by atoms with Gasteiger partial charge >= 0.3 is 0 Å². The third kappa shape index (κ3) is 4.51. The Morgan fingerprint density at radius 1 is 1.11 bits per heavy atom. The number of nitrogens with one attached hydrogen (secondary N) is 1. The summed E-state index contributed by atoms with van der Waals surface area (Å²) in [5.41, 5.74) is 0.778. The first-order valence-corrected chi connectivity index (χ1v) is 9.26. The van der Waals surface area contributed by atoms with E-state index in [1.54, 1.807) is 12.3 Å². The molecule has 6 nitrogen and oxygen atoms in total. The summed E-state index contributed by atoms with van der Waals surface area (Å²) in [6.45, 7) is 5.40. The third-order valence-corrected chi connectivity index (χ3v) is 4.97. The van der Waals surface area contributed by atoms with Gasteiger partial charge in [-0.05, 0) is 30.2 Å². The van der Waals surface area contributed by atoms with Gasteiger partial charge in [0.25, 0.3) is 0 Å². The molecule has 0 aliphatic carbocycles. The van der Waals surface area contributed by atoms with Crippen LogP contribution in [-0.4, -0.2) is 60.3 Å². The molecule has 2 fully saturated rings. The van der Waals surface area contributed by atoms with Crippen molar-refractivity contribution in [3.63, 3.8) is 0 Å². The van der Waals surface area contributed by atoms with Gasteiger partial charge in [0.2, 0.25) is 5.95 Å². The lowest BCUT2D eigenvalue weighted by Crippen LogP contribution is -2.37. The molecule has 1 unspecified atom stereocenters. The molecule has 27 heavy (non-hydrogen) atoms. The van der Waals surface area contributed by atoms with Crippen LogP contribution in [0.15, 0.2) is 30.5 Å². The van der Waals surface area contributed by atoms with E-state index in [0.29, 0.717) is 25.7 Å². The van der Waals surface area contributed by atoms with Crippen LogP contribution in [0.25, 0.3) is 0 Å². The van der Waals surface area contributed by atoms with Gasteiger partial charge in [0, 0.05) is 45.0 Å². The zero-order valence-electron chi connectivity index (χ0n) is 15.1. The molecule has 3 heterocycles. The van der Waals surface area contributed by atoms with Crippen molar-refractivity contribution in [1.82, 2.24) is 14.9 Å². The number of benzene rings is 1. The normalized spacial score (nSPS) is 20.8. The molecule has 8 heteroatoms. The second-order valence-corrected chi connectivity index (χ2v) is 6.95. The van der Waals surface area contributed by atoms with Crippen LogP contribution >= 0.6 is 0 Å². The lowest BCUT2D eigenvalue weighted by molar-refractivity contribution is 0.122. The summed E-state index contributed by atoms with van der Waals surface area (Å²) < 4.78 is 31.8. The number of aromatic nitrogens is 2. The zero-order chi connectivity index (χ0) is 18.6. The average Bonchev–Trinajstić information content (AvgIpc) is 3.12. The van der Waals surface area contributed by atoms with Gasteiger partial charge in [0.05, 0.1) is 13.2 Å². The van der Waals surface area contributed by atoms with E-state index < -0.39 is 11.6 Å². The monoisotopic (exact) mass is 375 g/mol. The molecule has 4 rings (SSSR count). The van der Waals surface area contributed by atoms with Crippen molar-refractivity contribution in [3.05, 3.63) is 47.7 Å². The van der Waals surface area contributed by atoms with Gasteiger partial charge in [-0.25, -0.2) is 13.8 Å². The van der Waals surface area contributed by atoms with E-state index in [1.807, 2.05) is 6.07 Å². The highest BCUT2D eigenvalue weighted by Gasteiger charge is 2.23. The highest BCUT2D eigenvalue weighted by atomic mass is 19.2. The first-order valence-electron chi connectivity index (χ1n) is 9.26. The lowest BCUT2D eigenvalue weighted by atomic mass is 10.2. The number of hydrogen-bond acceptors (Lipinski definition) is 6. The predicted molar refractivity (Wildman–Crippen MR) is 98.7 cm³/mol. The Balaban J connectivity index is 1.33. The molecule has 1 atom stereocenters. The highest BCUT2D eigenvalue weighted by molar-refractivity contribution is 5.43. The Morgan fingerprint density at radius 2 is 1.96 bits per heavy atom. The van der Waals surface area contributed by atoms with E-state index in [1.165, 1.54) is 12.1 Å². The fourth-order valence-corrected chi connectivity index (χ4v) is 3.56. The number of likely N-dealkylation sites (tertiary alicyclic amines) is 1. The number of morpholine rings is 1. The Hall–Kier alpha value is -2.32. The van der Waals surface area contributed by atoms with Crippen LogP contribution in [0, 0.1) is 11.6 Å². The number of ether oxygens (including phenoxy) is 1. The summed E-state index contributed by atoms with van der Waals surface area (Å²) in [7, 11) is 0. The topological polar surface area (TPSA) is 53.5 Å². The van der Waals surface area contributed by atoms with Gasteiger partial charge in [-0.3, -0.25) is 4.90 Å². The highest BCUT2D eigenvalue weighted by Crippen LogP contribution is 2.19. The largest absolute Gasteiger partial charge is 0.378 e. The van der Waals surface area contributed by atoms with Crippen LogP contribution in [0.4, 0.5) is 20.5 Å². The summed E-state index contributed by atoms with van der Waals surface area (Å²) in [4.78, 5) is 13.4. The van der Waals surface area contributed by atoms with Crippen LogP contribution in [0.1, 0.15) is 12.0 Å². The van der Waals surface area contributed by atoms with Crippen LogP contribution in [0.3, 0.4) is 0 Å². The minimum Gasteiger partial charge on any atom is -0.378 e. The summed E-state index contributed by atoms with van der Waals surface area (Å²) in [5.74, 6) is -0.0715. The molecule has 2 saturated heterocycles. The van der Waals surface area contributed by atoms with E-state index in [0.717, 1.165) is 44.0 Å². The van der Waals surface area contributed by atoms with E-state index in [-0.39, 0.29) is 6.04 Å². The fourth-order valence-electron chi connectivity index (χ4n) is 3.56. The van der Waals surface area contributed by atoms with Gasteiger partial charge in [0.15, 0.2) is 11.6 Å². The molecule has 2 aliphatic rings. The molecule has 2 aliphatic heterocycles. The van der Waals surface area contributed by atoms with Crippen molar-refractivity contribution in [2.24, 2.45) is 0 Å². The maximum absolute atomic E-state index is 13.4. The van der Waals surface area contributed by atoms with Crippen LogP contribution in [-0.2, 0) is 11.3 Å². The molecule has 0 radical (unpaired) electrons. The second-order valence-electron chi connectivity index (χ2n) is 6.95. The second kappa shape index (κ2) is 8.14. The van der Waals surface area contributed by atoms with Crippen LogP contribution < -0.4 is 10.2 Å². The summed E-state index contributed by atoms with van der Waals surface area (Å²) in [6.07, 6.45) is 2.73. The molecule has 0 spiro atoms. The minimum absolute atomic E-state index is 0.232. The van der Waals surface area contributed by atoms with E-state index >= 15 is 0 Å². The standard InChI is InChI=1S/C19H23F2N5O/c20-16-2-1-14(11-17(16)21)12-25-6-4-15(13-25)23-19-22-5-3-18(24-19)26-7-9-27-10-8-26/h1-3,5,11,15H,4,6-10,12-13H2,(H,22,23,24). The lowest BCUT2D eigenvalue weighted by Gasteiger charge is -2.28. The minimum atomic E-state index is -0.808. The van der Waals surface area contributed by atoms with Crippen molar-refractivity contribution in [2.75, 3.05) is 49.6 Å². The molecule has 0 saturated carbocycles. The molecule has 0 bridgehead atoms. The van der Waals surface area contributed by atoms with Gasteiger partial charge in [-0.2, -0.15) is 4.98 Å².